The summed E-state index contributed by atoms with van der Waals surface area (Å²) in [6.07, 6.45) is 4.08. The lowest BCUT2D eigenvalue weighted by molar-refractivity contribution is 0.208. The van der Waals surface area contributed by atoms with Crippen LogP contribution in [0.5, 0.6) is 17.2 Å². The smallest absolute Gasteiger partial charge is 0.165 e. The molecule has 2 atom stereocenters. The van der Waals surface area contributed by atoms with Crippen LogP contribution in [0.4, 0.5) is 0 Å². The summed E-state index contributed by atoms with van der Waals surface area (Å²) in [5.41, 5.74) is 4.56. The molecule has 0 aliphatic carbocycles. The Bertz CT molecular complexity index is 777. The largest absolute Gasteiger partial charge is 0.496 e. The van der Waals surface area contributed by atoms with Gasteiger partial charge in [-0.1, -0.05) is 31.2 Å². The van der Waals surface area contributed by atoms with Gasteiger partial charge in [0.15, 0.2) is 11.5 Å². The molecule has 0 amide bonds. The summed E-state index contributed by atoms with van der Waals surface area (Å²) in [5.74, 6) is 2.77. The van der Waals surface area contributed by atoms with Crippen LogP contribution in [0.25, 0.3) is 6.08 Å². The monoisotopic (exact) mass is 324 g/mol. The Morgan fingerprint density at radius 2 is 1.79 bits per heavy atom. The van der Waals surface area contributed by atoms with Crippen molar-refractivity contribution in [3.8, 4) is 17.2 Å². The van der Waals surface area contributed by atoms with Crippen molar-refractivity contribution >= 4 is 6.08 Å². The van der Waals surface area contributed by atoms with Gasteiger partial charge in [-0.2, -0.15) is 0 Å². The molecule has 3 heteroatoms. The Hall–Kier alpha value is -2.42. The van der Waals surface area contributed by atoms with Gasteiger partial charge in [0.05, 0.1) is 14.2 Å². The Labute approximate surface area is 143 Å². The first-order valence-electron chi connectivity index (χ1n) is 8.24. The lowest BCUT2D eigenvalue weighted by Gasteiger charge is -2.17. The standard InChI is InChI=1S/C21H24O3/c1-6-7-15-10-17-14(3)20(24-21(17)19(11-15)23-5)16-9-8-13(2)18(12-16)22-4/h6-12,14,20H,1-5H3/b7-6+. The summed E-state index contributed by atoms with van der Waals surface area (Å²) in [4.78, 5) is 0. The number of methoxy groups -OCH3 is 2. The van der Waals surface area contributed by atoms with Crippen LogP contribution in [0.15, 0.2) is 36.4 Å². The summed E-state index contributed by atoms with van der Waals surface area (Å²) in [6.45, 7) is 6.26. The molecule has 0 saturated carbocycles. The first-order valence-corrected chi connectivity index (χ1v) is 8.24. The third-order valence-corrected chi connectivity index (χ3v) is 4.64. The van der Waals surface area contributed by atoms with Crippen LogP contribution in [0.2, 0.25) is 0 Å². The molecule has 0 N–H and O–H groups in total. The number of rotatable bonds is 4. The van der Waals surface area contributed by atoms with Crippen molar-refractivity contribution in [1.82, 2.24) is 0 Å². The number of benzene rings is 2. The normalized spacial score (nSPS) is 19.2. The molecule has 2 aromatic rings. The molecular weight excluding hydrogens is 300 g/mol. The van der Waals surface area contributed by atoms with E-state index in [0.717, 1.165) is 33.9 Å². The maximum absolute atomic E-state index is 6.30. The summed E-state index contributed by atoms with van der Waals surface area (Å²) >= 11 is 0. The number of ether oxygens (including phenoxy) is 3. The predicted molar refractivity (Wildman–Crippen MR) is 97.2 cm³/mol. The van der Waals surface area contributed by atoms with E-state index in [-0.39, 0.29) is 12.0 Å². The number of aryl methyl sites for hydroxylation is 1. The van der Waals surface area contributed by atoms with E-state index in [2.05, 4.69) is 37.3 Å². The topological polar surface area (TPSA) is 27.7 Å². The zero-order chi connectivity index (χ0) is 17.3. The van der Waals surface area contributed by atoms with Crippen LogP contribution in [-0.4, -0.2) is 14.2 Å². The molecule has 1 heterocycles. The van der Waals surface area contributed by atoms with Gasteiger partial charge in [0.2, 0.25) is 0 Å². The van der Waals surface area contributed by atoms with E-state index in [1.54, 1.807) is 14.2 Å². The SMILES string of the molecule is C/C=C/c1cc(OC)c2c(c1)C(C)C(c1ccc(C)c(OC)c1)O2. The third-order valence-electron chi connectivity index (χ3n) is 4.64. The molecule has 24 heavy (non-hydrogen) atoms. The van der Waals surface area contributed by atoms with Gasteiger partial charge in [0, 0.05) is 11.5 Å². The van der Waals surface area contributed by atoms with Crippen molar-refractivity contribution in [2.75, 3.05) is 14.2 Å². The van der Waals surface area contributed by atoms with E-state index < -0.39 is 0 Å². The van der Waals surface area contributed by atoms with E-state index in [1.807, 2.05) is 26.0 Å². The molecule has 0 bridgehead atoms. The second-order valence-corrected chi connectivity index (χ2v) is 6.20. The number of fused-ring (bicyclic) bond motifs is 1. The van der Waals surface area contributed by atoms with Gasteiger partial charge in [-0.15, -0.1) is 0 Å². The van der Waals surface area contributed by atoms with Gasteiger partial charge in [0.1, 0.15) is 11.9 Å². The molecule has 0 spiro atoms. The maximum Gasteiger partial charge on any atom is 0.165 e. The average Bonchev–Trinajstić information content (AvgIpc) is 2.92. The fourth-order valence-electron chi connectivity index (χ4n) is 3.31. The van der Waals surface area contributed by atoms with Crippen molar-refractivity contribution in [3.05, 3.63) is 58.7 Å². The highest BCUT2D eigenvalue weighted by molar-refractivity contribution is 5.62. The van der Waals surface area contributed by atoms with Crippen molar-refractivity contribution < 1.29 is 14.2 Å². The first-order chi connectivity index (χ1) is 11.6. The molecule has 126 valence electrons. The van der Waals surface area contributed by atoms with Gasteiger partial charge in [-0.25, -0.2) is 0 Å². The average molecular weight is 324 g/mol. The molecule has 1 aliphatic heterocycles. The third kappa shape index (κ3) is 2.75. The van der Waals surface area contributed by atoms with Crippen LogP contribution in [0, 0.1) is 6.92 Å². The quantitative estimate of drug-likeness (QED) is 0.765. The molecule has 3 nitrogen and oxygen atoms in total. The molecule has 0 saturated heterocycles. The van der Waals surface area contributed by atoms with E-state index >= 15 is 0 Å². The highest BCUT2D eigenvalue weighted by Crippen LogP contribution is 2.51. The molecule has 0 radical (unpaired) electrons. The summed E-state index contributed by atoms with van der Waals surface area (Å²) < 4.78 is 17.3. The van der Waals surface area contributed by atoms with E-state index in [0.29, 0.717) is 0 Å². The molecule has 2 unspecified atom stereocenters. The summed E-state index contributed by atoms with van der Waals surface area (Å²) in [5, 5.41) is 0. The Kier molecular flexibility index (Phi) is 4.52. The van der Waals surface area contributed by atoms with Crippen LogP contribution < -0.4 is 14.2 Å². The van der Waals surface area contributed by atoms with Crippen molar-refractivity contribution in [3.63, 3.8) is 0 Å². The molecule has 2 aromatic carbocycles. The maximum atomic E-state index is 6.30. The van der Waals surface area contributed by atoms with Crippen molar-refractivity contribution in [2.24, 2.45) is 0 Å². The van der Waals surface area contributed by atoms with Gasteiger partial charge < -0.3 is 14.2 Å². The summed E-state index contributed by atoms with van der Waals surface area (Å²) in [6, 6.07) is 10.5. The van der Waals surface area contributed by atoms with E-state index in [1.165, 1.54) is 5.56 Å². The Balaban J connectivity index is 2.03. The van der Waals surface area contributed by atoms with Crippen LogP contribution in [0.3, 0.4) is 0 Å². The minimum absolute atomic E-state index is 0.0377. The minimum Gasteiger partial charge on any atom is -0.496 e. The fourth-order valence-corrected chi connectivity index (χ4v) is 3.31. The number of hydrogen-bond donors (Lipinski definition) is 0. The Morgan fingerprint density at radius 1 is 1.04 bits per heavy atom. The Morgan fingerprint density at radius 3 is 2.46 bits per heavy atom. The number of allylic oxidation sites excluding steroid dienone is 1. The second-order valence-electron chi connectivity index (χ2n) is 6.20. The van der Waals surface area contributed by atoms with Gasteiger partial charge in [0.25, 0.3) is 0 Å². The second kappa shape index (κ2) is 6.60. The van der Waals surface area contributed by atoms with Gasteiger partial charge in [-0.05, 0) is 48.7 Å². The first kappa shape index (κ1) is 16.4. The molecule has 1 aliphatic rings. The fraction of sp³-hybridized carbons (Fsp3) is 0.333. The molecular formula is C21H24O3. The summed E-state index contributed by atoms with van der Waals surface area (Å²) in [7, 11) is 3.39. The lowest BCUT2D eigenvalue weighted by Crippen LogP contribution is -2.07. The molecule has 0 aromatic heterocycles. The number of hydrogen-bond acceptors (Lipinski definition) is 3. The zero-order valence-electron chi connectivity index (χ0n) is 14.9. The van der Waals surface area contributed by atoms with Crippen LogP contribution in [-0.2, 0) is 0 Å². The van der Waals surface area contributed by atoms with Crippen LogP contribution >= 0.6 is 0 Å². The van der Waals surface area contributed by atoms with E-state index in [4.69, 9.17) is 14.2 Å². The lowest BCUT2D eigenvalue weighted by atomic mass is 9.91. The highest BCUT2D eigenvalue weighted by Gasteiger charge is 2.35. The van der Waals surface area contributed by atoms with E-state index in [9.17, 15) is 0 Å². The predicted octanol–water partition coefficient (Wildman–Crippen LogP) is 5.28. The van der Waals surface area contributed by atoms with Crippen molar-refractivity contribution in [1.29, 1.82) is 0 Å². The zero-order valence-corrected chi connectivity index (χ0v) is 14.9. The molecule has 0 fully saturated rings. The molecule has 3 rings (SSSR count). The van der Waals surface area contributed by atoms with Crippen molar-refractivity contribution in [2.45, 2.75) is 32.8 Å². The van der Waals surface area contributed by atoms with Crippen LogP contribution in [0.1, 0.15) is 48.1 Å². The highest BCUT2D eigenvalue weighted by atomic mass is 16.5. The van der Waals surface area contributed by atoms with Gasteiger partial charge in [-0.3, -0.25) is 0 Å². The minimum atomic E-state index is -0.0377. The van der Waals surface area contributed by atoms with Gasteiger partial charge >= 0.3 is 0 Å².